The molecular formula is C38H44F6N6O8. The van der Waals surface area contributed by atoms with Crippen molar-refractivity contribution >= 4 is 24.0 Å². The van der Waals surface area contributed by atoms with Crippen molar-refractivity contribution in [1.82, 2.24) is 29.4 Å². The van der Waals surface area contributed by atoms with Crippen LogP contribution in [0.1, 0.15) is 24.0 Å². The van der Waals surface area contributed by atoms with Gasteiger partial charge >= 0.3 is 36.4 Å². The molecule has 0 radical (unpaired) electrons. The minimum Gasteiger partial charge on any atom is -0.487 e. The number of urea groups is 2. The number of alkyl halides is 6. The molecule has 2 aromatic rings. The Hall–Kier alpha value is -5.24. The fraction of sp³-hybridized carbons (Fsp3) is 0.526. The second kappa shape index (κ2) is 17.7. The molecule has 316 valence electrons. The number of benzene rings is 2. The van der Waals surface area contributed by atoms with Crippen LogP contribution in [0.2, 0.25) is 0 Å². The minimum atomic E-state index is -4.51. The molecule has 0 bridgehead atoms. The van der Waals surface area contributed by atoms with Crippen LogP contribution in [0.15, 0.2) is 60.7 Å². The summed E-state index contributed by atoms with van der Waals surface area (Å²) >= 11 is 0. The molecule has 4 aliphatic rings. The predicted octanol–water partition coefficient (Wildman–Crippen LogP) is 4.36. The topological polar surface area (TPSA) is 125 Å². The van der Waals surface area contributed by atoms with E-state index in [1.807, 2.05) is 0 Å². The maximum Gasteiger partial charge on any atom is 0.416 e. The number of ether oxygens (including phenoxy) is 4. The molecule has 2 aromatic carbocycles. The number of likely N-dealkylation sites (tertiary alicyclic amines) is 2. The van der Waals surface area contributed by atoms with Crippen LogP contribution in [0.25, 0.3) is 0 Å². The third-order valence-electron chi connectivity index (χ3n) is 10.2. The van der Waals surface area contributed by atoms with Crippen molar-refractivity contribution in [2.24, 2.45) is 0 Å². The largest absolute Gasteiger partial charge is 0.487 e. The number of likely N-dealkylation sites (N-methyl/N-ethyl adjacent to an activating group) is 2. The molecule has 4 heterocycles. The first-order valence-electron chi connectivity index (χ1n) is 18.7. The summed E-state index contributed by atoms with van der Waals surface area (Å²) in [4.78, 5) is 61.9. The van der Waals surface area contributed by atoms with Crippen molar-refractivity contribution in [1.29, 1.82) is 0 Å². The summed E-state index contributed by atoms with van der Waals surface area (Å²) in [7, 11) is 3.45. The molecular weight excluding hydrogens is 782 g/mol. The van der Waals surface area contributed by atoms with Gasteiger partial charge in [-0.1, -0.05) is 12.1 Å². The lowest BCUT2D eigenvalue weighted by Crippen LogP contribution is -2.60. The quantitative estimate of drug-likeness (QED) is 0.216. The van der Waals surface area contributed by atoms with Gasteiger partial charge in [-0.05, 0) is 63.3 Å². The van der Waals surface area contributed by atoms with Crippen molar-refractivity contribution in [2.75, 3.05) is 79.5 Å². The highest BCUT2D eigenvalue weighted by Gasteiger charge is 2.40. The molecule has 0 spiro atoms. The lowest BCUT2D eigenvalue weighted by Gasteiger charge is -2.41. The third kappa shape index (κ3) is 10.8. The number of carbonyl (C=O) groups excluding carboxylic acids is 4. The Balaban J connectivity index is 0.945. The van der Waals surface area contributed by atoms with Gasteiger partial charge in [0, 0.05) is 38.3 Å². The average Bonchev–Trinajstić information content (AvgIpc) is 3.43. The molecule has 14 nitrogen and oxygen atoms in total. The Morgan fingerprint density at radius 3 is 1.31 bits per heavy atom. The van der Waals surface area contributed by atoms with Crippen LogP contribution in [-0.4, -0.2) is 158 Å². The standard InChI is InChI=1S/C38H44F6N6O8/c1-45-13-5-15-47(35(53)49-19-29(20-49)55-27-9-3-7-25(17-27)37(39,40)41)23-31(45)57-33(51)11-12-34(52)58-32-24-48(16-6-14-46(32)2)36(54)50-21-30(22-50)56-28-10-4-8-26(18-28)38(42,43)44/h3-4,7-12,17-18,29-32H,5-6,13-16,19-24H2,1-2H3/b12-11+. The van der Waals surface area contributed by atoms with Crippen LogP contribution in [-0.2, 0) is 31.4 Å². The maximum absolute atomic E-state index is 13.3. The lowest BCUT2D eigenvalue weighted by atomic mass is 10.1. The predicted molar refractivity (Wildman–Crippen MR) is 192 cm³/mol. The summed E-state index contributed by atoms with van der Waals surface area (Å²) in [5.41, 5.74) is -1.67. The van der Waals surface area contributed by atoms with Crippen molar-refractivity contribution < 1.29 is 64.5 Å². The van der Waals surface area contributed by atoms with Crippen LogP contribution in [0.4, 0.5) is 35.9 Å². The molecule has 0 aromatic heterocycles. The molecule has 6 rings (SSSR count). The van der Waals surface area contributed by atoms with Crippen molar-refractivity contribution in [3.8, 4) is 11.5 Å². The fourth-order valence-electron chi connectivity index (χ4n) is 6.85. The van der Waals surface area contributed by atoms with E-state index in [9.17, 15) is 45.5 Å². The average molecular weight is 827 g/mol. The number of halogens is 6. The van der Waals surface area contributed by atoms with Crippen LogP contribution >= 0.6 is 0 Å². The third-order valence-corrected chi connectivity index (χ3v) is 10.2. The van der Waals surface area contributed by atoms with Crippen molar-refractivity contribution in [2.45, 2.75) is 49.9 Å². The second-order valence-corrected chi connectivity index (χ2v) is 14.6. The van der Waals surface area contributed by atoms with E-state index in [0.29, 0.717) is 39.0 Å². The summed E-state index contributed by atoms with van der Waals surface area (Å²) in [6.07, 6.45) is -8.69. The number of nitrogens with zero attached hydrogens (tertiary/aromatic N) is 6. The summed E-state index contributed by atoms with van der Waals surface area (Å²) in [5, 5.41) is 0. The number of carbonyl (C=O) groups is 4. The Labute approximate surface area is 330 Å². The first-order chi connectivity index (χ1) is 27.4. The highest BCUT2D eigenvalue weighted by molar-refractivity contribution is 5.91. The van der Waals surface area contributed by atoms with Gasteiger partial charge in [-0.3, -0.25) is 9.80 Å². The van der Waals surface area contributed by atoms with Gasteiger partial charge in [-0.15, -0.1) is 0 Å². The van der Waals surface area contributed by atoms with Gasteiger partial charge in [-0.25, -0.2) is 19.2 Å². The summed E-state index contributed by atoms with van der Waals surface area (Å²) in [6.45, 7) is 2.46. The first-order valence-corrected chi connectivity index (χ1v) is 18.7. The van der Waals surface area contributed by atoms with Crippen molar-refractivity contribution in [3.63, 3.8) is 0 Å². The number of hydrogen-bond acceptors (Lipinski definition) is 10. The molecule has 0 aliphatic carbocycles. The summed E-state index contributed by atoms with van der Waals surface area (Å²) < 4.78 is 101. The Kier molecular flexibility index (Phi) is 12.9. The normalized spacial score (nSPS) is 21.8. The van der Waals surface area contributed by atoms with Gasteiger partial charge in [0.15, 0.2) is 12.5 Å². The number of rotatable bonds is 8. The fourth-order valence-corrected chi connectivity index (χ4v) is 6.85. The molecule has 20 heteroatoms. The van der Waals surface area contributed by atoms with Gasteiger partial charge in [-0.2, -0.15) is 26.3 Å². The van der Waals surface area contributed by atoms with E-state index in [2.05, 4.69) is 0 Å². The number of hydrogen-bond donors (Lipinski definition) is 0. The highest BCUT2D eigenvalue weighted by atomic mass is 19.4. The minimum absolute atomic E-state index is 0.0286. The lowest BCUT2D eigenvalue weighted by molar-refractivity contribution is -0.155. The Morgan fingerprint density at radius 1 is 0.569 bits per heavy atom. The van der Waals surface area contributed by atoms with Crippen LogP contribution in [0, 0.1) is 0 Å². The molecule has 4 saturated heterocycles. The maximum atomic E-state index is 13.3. The summed E-state index contributed by atoms with van der Waals surface area (Å²) in [5.74, 6) is -1.60. The second-order valence-electron chi connectivity index (χ2n) is 14.6. The molecule has 4 amide bonds. The molecule has 4 fully saturated rings. The van der Waals surface area contributed by atoms with Crippen LogP contribution in [0.3, 0.4) is 0 Å². The zero-order valence-electron chi connectivity index (χ0n) is 31.8. The van der Waals surface area contributed by atoms with Gasteiger partial charge in [0.05, 0.1) is 50.4 Å². The molecule has 2 unspecified atom stereocenters. The zero-order chi connectivity index (χ0) is 41.8. The molecule has 0 saturated carbocycles. The molecule has 0 N–H and O–H groups in total. The van der Waals surface area contributed by atoms with E-state index in [1.165, 1.54) is 43.9 Å². The van der Waals surface area contributed by atoms with Crippen LogP contribution in [0.5, 0.6) is 11.5 Å². The van der Waals surface area contributed by atoms with Gasteiger partial charge in [0.2, 0.25) is 0 Å². The Morgan fingerprint density at radius 2 is 0.948 bits per heavy atom. The molecule has 4 aliphatic heterocycles. The van der Waals surface area contributed by atoms with E-state index in [1.54, 1.807) is 23.9 Å². The van der Waals surface area contributed by atoms with E-state index < -0.39 is 60.1 Å². The Bertz CT molecular complexity index is 1710. The zero-order valence-corrected chi connectivity index (χ0v) is 31.8. The van der Waals surface area contributed by atoms with Gasteiger partial charge in [0.25, 0.3) is 0 Å². The van der Waals surface area contributed by atoms with E-state index in [-0.39, 0.29) is 62.8 Å². The van der Waals surface area contributed by atoms with Gasteiger partial charge in [0.1, 0.15) is 23.7 Å². The smallest absolute Gasteiger partial charge is 0.416 e. The first kappa shape index (κ1) is 42.4. The van der Waals surface area contributed by atoms with E-state index in [0.717, 1.165) is 36.4 Å². The van der Waals surface area contributed by atoms with E-state index >= 15 is 0 Å². The van der Waals surface area contributed by atoms with E-state index in [4.69, 9.17) is 18.9 Å². The van der Waals surface area contributed by atoms with Crippen LogP contribution < -0.4 is 9.47 Å². The molecule has 2 atom stereocenters. The number of amides is 4. The van der Waals surface area contributed by atoms with Crippen molar-refractivity contribution in [3.05, 3.63) is 71.8 Å². The number of esters is 2. The molecule has 58 heavy (non-hydrogen) atoms. The highest BCUT2D eigenvalue weighted by Crippen LogP contribution is 2.33. The van der Waals surface area contributed by atoms with Gasteiger partial charge < -0.3 is 38.5 Å². The monoisotopic (exact) mass is 826 g/mol. The SMILES string of the molecule is CN1CCCN(C(=O)N2CC(Oc3cccc(C(F)(F)F)c3)C2)CC1OC(=O)/C=C/C(=O)OC1CN(C(=O)N2CC(Oc3cccc(C(F)(F)F)c3)C2)CCCN1C. The summed E-state index contributed by atoms with van der Waals surface area (Å²) in [6, 6.07) is 8.39.